The summed E-state index contributed by atoms with van der Waals surface area (Å²) in [6.07, 6.45) is -0.628. The van der Waals surface area contributed by atoms with Gasteiger partial charge in [0, 0.05) is 6.07 Å². The van der Waals surface area contributed by atoms with Crippen LogP contribution in [0.2, 0.25) is 0 Å². The van der Waals surface area contributed by atoms with Gasteiger partial charge in [-0.25, -0.2) is 4.79 Å². The molecular weight excluding hydrogens is 274 g/mol. The monoisotopic (exact) mass is 295 g/mol. The third kappa shape index (κ3) is 7.20. The van der Waals surface area contributed by atoms with Crippen molar-refractivity contribution in [2.75, 3.05) is 20.3 Å². The highest BCUT2D eigenvalue weighted by molar-refractivity contribution is 5.85. The summed E-state index contributed by atoms with van der Waals surface area (Å²) in [7, 11) is 1.55. The zero-order valence-corrected chi connectivity index (χ0v) is 12.8. The SMILES string of the molecule is COc1cccc(OCC(=O)CNC(=O)OC(C)(C)C)c1. The second-order valence-electron chi connectivity index (χ2n) is 5.36. The van der Waals surface area contributed by atoms with Crippen molar-refractivity contribution in [3.8, 4) is 11.5 Å². The topological polar surface area (TPSA) is 73.9 Å². The van der Waals surface area contributed by atoms with Crippen LogP contribution in [-0.2, 0) is 9.53 Å². The third-order valence-electron chi connectivity index (χ3n) is 2.27. The molecule has 0 atom stereocenters. The molecule has 0 unspecified atom stereocenters. The minimum atomic E-state index is -0.628. The van der Waals surface area contributed by atoms with Gasteiger partial charge < -0.3 is 19.5 Å². The van der Waals surface area contributed by atoms with E-state index in [2.05, 4.69) is 5.32 Å². The first-order valence-electron chi connectivity index (χ1n) is 6.55. The molecule has 0 heterocycles. The number of amides is 1. The Kier molecular flexibility index (Phi) is 6.02. The van der Waals surface area contributed by atoms with Gasteiger partial charge in [-0.05, 0) is 32.9 Å². The van der Waals surface area contributed by atoms with E-state index in [1.165, 1.54) is 0 Å². The van der Waals surface area contributed by atoms with Gasteiger partial charge in [-0.1, -0.05) is 6.07 Å². The van der Waals surface area contributed by atoms with Gasteiger partial charge >= 0.3 is 6.09 Å². The second-order valence-corrected chi connectivity index (χ2v) is 5.36. The average molecular weight is 295 g/mol. The predicted octanol–water partition coefficient (Wildman–Crippen LogP) is 2.17. The Morgan fingerprint density at radius 3 is 2.48 bits per heavy atom. The van der Waals surface area contributed by atoms with Crippen LogP contribution in [0.5, 0.6) is 11.5 Å². The number of Topliss-reactive ketones (excluding diaryl/α,β-unsaturated/α-hetero) is 1. The van der Waals surface area contributed by atoms with Crippen LogP contribution in [0, 0.1) is 0 Å². The summed E-state index contributed by atoms with van der Waals surface area (Å²) >= 11 is 0. The molecule has 0 aliphatic carbocycles. The summed E-state index contributed by atoms with van der Waals surface area (Å²) in [6.45, 7) is 4.97. The van der Waals surface area contributed by atoms with Crippen molar-refractivity contribution in [2.45, 2.75) is 26.4 Å². The molecule has 0 spiro atoms. The zero-order chi connectivity index (χ0) is 15.9. The number of hydrogen-bond acceptors (Lipinski definition) is 5. The highest BCUT2D eigenvalue weighted by Crippen LogP contribution is 2.18. The first-order valence-corrected chi connectivity index (χ1v) is 6.55. The highest BCUT2D eigenvalue weighted by Gasteiger charge is 2.16. The van der Waals surface area contributed by atoms with Gasteiger partial charge in [0.05, 0.1) is 13.7 Å². The fourth-order valence-electron chi connectivity index (χ4n) is 1.39. The number of carbonyl (C=O) groups excluding carboxylic acids is 2. The molecule has 0 saturated carbocycles. The van der Waals surface area contributed by atoms with E-state index < -0.39 is 11.7 Å². The molecule has 1 N–H and O–H groups in total. The molecule has 0 fully saturated rings. The average Bonchev–Trinajstić information content (AvgIpc) is 2.41. The molecular formula is C15H21NO5. The predicted molar refractivity (Wildman–Crippen MR) is 77.7 cm³/mol. The molecule has 1 aromatic carbocycles. The van der Waals surface area contributed by atoms with Gasteiger partial charge in [-0.2, -0.15) is 0 Å². The van der Waals surface area contributed by atoms with Gasteiger partial charge in [0.15, 0.2) is 5.78 Å². The molecule has 1 aromatic rings. The first-order chi connectivity index (χ1) is 9.80. The number of ketones is 1. The Hall–Kier alpha value is -2.24. The smallest absolute Gasteiger partial charge is 0.408 e. The Morgan fingerprint density at radius 2 is 1.86 bits per heavy atom. The van der Waals surface area contributed by atoms with Crippen LogP contribution in [0.15, 0.2) is 24.3 Å². The molecule has 1 rings (SSSR count). The molecule has 116 valence electrons. The Bertz CT molecular complexity index is 493. The van der Waals surface area contributed by atoms with Crippen molar-refractivity contribution in [3.63, 3.8) is 0 Å². The quantitative estimate of drug-likeness (QED) is 0.870. The molecule has 0 aliphatic rings. The Morgan fingerprint density at radius 1 is 1.19 bits per heavy atom. The fourth-order valence-corrected chi connectivity index (χ4v) is 1.39. The maximum Gasteiger partial charge on any atom is 0.408 e. The number of alkyl carbamates (subject to hydrolysis) is 1. The highest BCUT2D eigenvalue weighted by atomic mass is 16.6. The minimum absolute atomic E-state index is 0.136. The lowest BCUT2D eigenvalue weighted by Crippen LogP contribution is -2.36. The summed E-state index contributed by atoms with van der Waals surface area (Å²) in [5.74, 6) is 0.912. The molecule has 0 radical (unpaired) electrons. The summed E-state index contributed by atoms with van der Waals surface area (Å²) in [6, 6.07) is 6.93. The second kappa shape index (κ2) is 7.52. The van der Waals surface area contributed by atoms with Crippen molar-refractivity contribution in [3.05, 3.63) is 24.3 Å². The largest absolute Gasteiger partial charge is 0.497 e. The minimum Gasteiger partial charge on any atom is -0.497 e. The maximum absolute atomic E-state index is 11.6. The van der Waals surface area contributed by atoms with Gasteiger partial charge in [-0.15, -0.1) is 0 Å². The van der Waals surface area contributed by atoms with E-state index >= 15 is 0 Å². The Balaban J connectivity index is 2.32. The van der Waals surface area contributed by atoms with Crippen molar-refractivity contribution in [1.82, 2.24) is 5.32 Å². The van der Waals surface area contributed by atoms with Gasteiger partial charge in [0.1, 0.15) is 23.7 Å². The molecule has 0 bridgehead atoms. The van der Waals surface area contributed by atoms with E-state index in [9.17, 15) is 9.59 Å². The van der Waals surface area contributed by atoms with Crippen LogP contribution in [0.4, 0.5) is 4.79 Å². The van der Waals surface area contributed by atoms with Crippen molar-refractivity contribution >= 4 is 11.9 Å². The summed E-state index contributed by atoms with van der Waals surface area (Å²) < 4.78 is 15.4. The van der Waals surface area contributed by atoms with Crippen LogP contribution in [-0.4, -0.2) is 37.7 Å². The van der Waals surface area contributed by atoms with E-state index in [0.717, 1.165) is 0 Å². The zero-order valence-electron chi connectivity index (χ0n) is 12.8. The summed E-state index contributed by atoms with van der Waals surface area (Å²) in [4.78, 5) is 23.0. The molecule has 1 amide bonds. The van der Waals surface area contributed by atoms with E-state index in [-0.39, 0.29) is 18.9 Å². The number of ether oxygens (including phenoxy) is 3. The molecule has 6 nitrogen and oxygen atoms in total. The molecule has 0 aliphatic heterocycles. The lowest BCUT2D eigenvalue weighted by atomic mass is 10.2. The van der Waals surface area contributed by atoms with E-state index in [4.69, 9.17) is 14.2 Å². The molecule has 0 saturated heterocycles. The number of nitrogens with one attached hydrogen (secondary N) is 1. The van der Waals surface area contributed by atoms with Crippen LogP contribution in [0.3, 0.4) is 0 Å². The van der Waals surface area contributed by atoms with Gasteiger partial charge in [0.2, 0.25) is 0 Å². The molecule has 0 aromatic heterocycles. The number of benzene rings is 1. The molecule has 21 heavy (non-hydrogen) atoms. The number of methoxy groups -OCH3 is 1. The number of rotatable bonds is 6. The first kappa shape index (κ1) is 16.8. The fraction of sp³-hybridized carbons (Fsp3) is 0.467. The summed E-state index contributed by atoms with van der Waals surface area (Å²) in [5.41, 5.74) is -0.593. The lowest BCUT2D eigenvalue weighted by molar-refractivity contribution is -0.120. The van der Waals surface area contributed by atoms with E-state index in [0.29, 0.717) is 11.5 Å². The van der Waals surface area contributed by atoms with Crippen molar-refractivity contribution < 1.29 is 23.8 Å². The third-order valence-corrected chi connectivity index (χ3v) is 2.27. The lowest BCUT2D eigenvalue weighted by Gasteiger charge is -2.19. The molecule has 6 heteroatoms. The van der Waals surface area contributed by atoms with Crippen LogP contribution in [0.1, 0.15) is 20.8 Å². The van der Waals surface area contributed by atoms with E-state index in [1.807, 2.05) is 0 Å². The Labute approximate surface area is 124 Å². The normalized spacial score (nSPS) is 10.7. The van der Waals surface area contributed by atoms with Crippen molar-refractivity contribution in [2.24, 2.45) is 0 Å². The van der Waals surface area contributed by atoms with Gasteiger partial charge in [0.25, 0.3) is 0 Å². The number of hydrogen-bond donors (Lipinski definition) is 1. The number of carbonyl (C=O) groups is 2. The summed E-state index contributed by atoms with van der Waals surface area (Å²) in [5, 5.41) is 2.38. The standard InChI is InChI=1S/C15H21NO5/c1-15(2,3)21-14(18)16-9-11(17)10-20-13-7-5-6-12(8-13)19-4/h5-8H,9-10H2,1-4H3,(H,16,18). The van der Waals surface area contributed by atoms with Crippen LogP contribution < -0.4 is 14.8 Å². The van der Waals surface area contributed by atoms with Crippen molar-refractivity contribution in [1.29, 1.82) is 0 Å². The van der Waals surface area contributed by atoms with Crippen LogP contribution >= 0.6 is 0 Å². The van der Waals surface area contributed by atoms with E-state index in [1.54, 1.807) is 52.1 Å². The van der Waals surface area contributed by atoms with Crippen LogP contribution in [0.25, 0.3) is 0 Å². The van der Waals surface area contributed by atoms with Gasteiger partial charge in [-0.3, -0.25) is 4.79 Å². The maximum atomic E-state index is 11.6.